The maximum atomic E-state index is 12.2. The molecule has 0 aromatic carbocycles. The number of anilines is 1. The monoisotopic (exact) mass is 318 g/mol. The van der Waals surface area contributed by atoms with Gasteiger partial charge in [-0.25, -0.2) is 4.98 Å². The highest BCUT2D eigenvalue weighted by molar-refractivity contribution is 6.55. The fourth-order valence-corrected chi connectivity index (χ4v) is 2.77. The minimum atomic E-state index is -0.146. The Bertz CT molecular complexity index is 538. The molecular weight excluding hydrogens is 307 g/mol. The Hall–Kier alpha value is -0.770. The van der Waals surface area contributed by atoms with Gasteiger partial charge in [0.15, 0.2) is 0 Å². The Balaban J connectivity index is 2.08. The van der Waals surface area contributed by atoms with Crippen molar-refractivity contribution >= 4 is 46.4 Å². The van der Waals surface area contributed by atoms with Crippen molar-refractivity contribution in [3.8, 4) is 0 Å². The molecule has 3 nitrogen and oxygen atoms in total. The minimum absolute atomic E-state index is 0.0507. The molecule has 1 N–H and O–H groups in total. The average Bonchev–Trinajstić information content (AvgIpc) is 2.79. The fourth-order valence-electron chi connectivity index (χ4n) is 2.33. The first kappa shape index (κ1) is 14.6. The Kier molecular flexibility index (Phi) is 4.09. The number of aromatic nitrogens is 1. The molecule has 1 amide bonds. The predicted molar refractivity (Wildman–Crippen MR) is 78.4 cm³/mol. The van der Waals surface area contributed by atoms with Crippen molar-refractivity contribution in [3.63, 3.8) is 0 Å². The maximum absolute atomic E-state index is 12.2. The van der Waals surface area contributed by atoms with Crippen molar-refractivity contribution in [2.24, 2.45) is 17.3 Å². The van der Waals surface area contributed by atoms with Crippen LogP contribution in [0.15, 0.2) is 28.9 Å². The summed E-state index contributed by atoms with van der Waals surface area (Å²) in [6.45, 7) is 4.02. The number of carbonyl (C=O) groups excluding carboxylic acids is 1. The summed E-state index contributed by atoms with van der Waals surface area (Å²) in [6, 6.07) is 3.30. The van der Waals surface area contributed by atoms with Crippen LogP contribution in [-0.2, 0) is 4.79 Å². The molecule has 2 atom stereocenters. The molecule has 0 saturated heterocycles. The number of nitrogens with one attached hydrogen (secondary N) is 1. The number of pyridine rings is 1. The van der Waals surface area contributed by atoms with E-state index in [9.17, 15) is 4.79 Å². The molecule has 0 spiro atoms. The molecule has 2 rings (SSSR count). The molecule has 1 heterocycles. The van der Waals surface area contributed by atoms with Crippen molar-refractivity contribution in [2.45, 2.75) is 13.8 Å². The van der Waals surface area contributed by atoms with E-state index in [0.29, 0.717) is 10.8 Å². The SMILES string of the molecule is CC1(C)C(C=C(Cl)Cl)C1C(=O)Nc1ccnc(Cl)c1. The molecule has 102 valence electrons. The molecule has 2 unspecified atom stereocenters. The smallest absolute Gasteiger partial charge is 0.228 e. The van der Waals surface area contributed by atoms with E-state index in [4.69, 9.17) is 34.8 Å². The maximum Gasteiger partial charge on any atom is 0.228 e. The Morgan fingerprint density at radius 3 is 2.74 bits per heavy atom. The van der Waals surface area contributed by atoms with Crippen molar-refractivity contribution < 1.29 is 4.79 Å². The summed E-state index contributed by atoms with van der Waals surface area (Å²) in [5, 5.41) is 3.17. The molecule has 0 aliphatic heterocycles. The first-order chi connectivity index (χ1) is 8.82. The van der Waals surface area contributed by atoms with Crippen LogP contribution in [0, 0.1) is 17.3 Å². The van der Waals surface area contributed by atoms with Gasteiger partial charge >= 0.3 is 0 Å². The van der Waals surface area contributed by atoms with Gasteiger partial charge in [0.2, 0.25) is 5.91 Å². The molecule has 1 aromatic heterocycles. The zero-order valence-corrected chi connectivity index (χ0v) is 12.7. The molecular formula is C13H13Cl3N2O. The number of hydrogen-bond donors (Lipinski definition) is 1. The van der Waals surface area contributed by atoms with Gasteiger partial charge in [0.25, 0.3) is 0 Å². The highest BCUT2D eigenvalue weighted by Gasteiger charge is 2.60. The van der Waals surface area contributed by atoms with E-state index in [1.807, 2.05) is 13.8 Å². The van der Waals surface area contributed by atoms with Gasteiger partial charge in [0, 0.05) is 11.9 Å². The van der Waals surface area contributed by atoms with Crippen LogP contribution >= 0.6 is 34.8 Å². The number of nitrogens with zero attached hydrogens (tertiary/aromatic N) is 1. The van der Waals surface area contributed by atoms with Crippen LogP contribution in [0.2, 0.25) is 5.15 Å². The van der Waals surface area contributed by atoms with Gasteiger partial charge in [0.05, 0.1) is 5.92 Å². The van der Waals surface area contributed by atoms with E-state index in [1.54, 1.807) is 24.4 Å². The van der Waals surface area contributed by atoms with Gasteiger partial charge in [-0.05, 0) is 29.5 Å². The highest BCUT2D eigenvalue weighted by Crippen LogP contribution is 2.59. The number of allylic oxidation sites excluding steroid dienone is 1. The zero-order valence-electron chi connectivity index (χ0n) is 10.5. The molecule has 19 heavy (non-hydrogen) atoms. The van der Waals surface area contributed by atoms with Crippen LogP contribution in [0.4, 0.5) is 5.69 Å². The molecule has 1 aliphatic rings. The van der Waals surface area contributed by atoms with E-state index in [-0.39, 0.29) is 27.6 Å². The first-order valence-electron chi connectivity index (χ1n) is 5.77. The lowest BCUT2D eigenvalue weighted by molar-refractivity contribution is -0.118. The van der Waals surface area contributed by atoms with E-state index in [2.05, 4.69) is 10.3 Å². The second-order valence-corrected chi connectivity index (χ2v) is 6.53. The standard InChI is InChI=1S/C13H13Cl3N2O/c1-13(2)8(6-9(14)15)11(13)12(19)18-7-3-4-17-10(16)5-7/h3-6,8,11H,1-2H3,(H,17,18,19). The van der Waals surface area contributed by atoms with Crippen LogP contribution in [0.3, 0.4) is 0 Å². The number of hydrogen-bond acceptors (Lipinski definition) is 2. The lowest BCUT2D eigenvalue weighted by Gasteiger charge is -2.05. The third-order valence-electron chi connectivity index (χ3n) is 3.49. The second kappa shape index (κ2) is 5.31. The highest BCUT2D eigenvalue weighted by atomic mass is 35.5. The minimum Gasteiger partial charge on any atom is -0.326 e. The van der Waals surface area contributed by atoms with E-state index >= 15 is 0 Å². The fraction of sp³-hybridized carbons (Fsp3) is 0.385. The van der Waals surface area contributed by atoms with Crippen LogP contribution in [-0.4, -0.2) is 10.9 Å². The summed E-state index contributed by atoms with van der Waals surface area (Å²) in [7, 11) is 0. The van der Waals surface area contributed by atoms with E-state index < -0.39 is 0 Å². The van der Waals surface area contributed by atoms with Crippen molar-refractivity contribution in [3.05, 3.63) is 34.1 Å². The normalized spacial score (nSPS) is 23.6. The number of rotatable bonds is 3. The summed E-state index contributed by atoms with van der Waals surface area (Å²) < 4.78 is 0.195. The predicted octanol–water partition coefficient (Wildman–Crippen LogP) is 4.26. The number of halogens is 3. The van der Waals surface area contributed by atoms with Crippen LogP contribution < -0.4 is 5.32 Å². The van der Waals surface area contributed by atoms with Gasteiger partial charge in [-0.15, -0.1) is 0 Å². The summed E-state index contributed by atoms with van der Waals surface area (Å²) >= 11 is 17.1. The van der Waals surface area contributed by atoms with Crippen molar-refractivity contribution in [1.29, 1.82) is 0 Å². The quantitative estimate of drug-likeness (QED) is 0.846. The Labute approximate surface area is 126 Å². The molecule has 1 fully saturated rings. The molecule has 1 aliphatic carbocycles. The van der Waals surface area contributed by atoms with Gasteiger partial charge in [0.1, 0.15) is 9.64 Å². The van der Waals surface area contributed by atoms with Gasteiger partial charge in [-0.1, -0.05) is 48.7 Å². The molecule has 0 radical (unpaired) electrons. The van der Waals surface area contributed by atoms with Crippen molar-refractivity contribution in [2.75, 3.05) is 5.32 Å². The summed E-state index contributed by atoms with van der Waals surface area (Å²) in [5.74, 6) is -0.162. The summed E-state index contributed by atoms with van der Waals surface area (Å²) in [5.41, 5.74) is 0.489. The van der Waals surface area contributed by atoms with Crippen LogP contribution in [0.1, 0.15) is 13.8 Å². The van der Waals surface area contributed by atoms with Gasteiger partial charge in [-0.3, -0.25) is 4.79 Å². The third kappa shape index (κ3) is 3.22. The number of amides is 1. The van der Waals surface area contributed by atoms with Crippen LogP contribution in [0.5, 0.6) is 0 Å². The molecule has 1 aromatic rings. The summed E-state index contributed by atoms with van der Waals surface area (Å²) in [6.07, 6.45) is 3.26. The summed E-state index contributed by atoms with van der Waals surface area (Å²) in [4.78, 5) is 16.1. The lowest BCUT2D eigenvalue weighted by atomic mass is 10.1. The van der Waals surface area contributed by atoms with E-state index in [1.165, 1.54) is 0 Å². The molecule has 0 bridgehead atoms. The van der Waals surface area contributed by atoms with Gasteiger partial charge in [-0.2, -0.15) is 0 Å². The third-order valence-corrected chi connectivity index (χ3v) is 3.95. The first-order valence-corrected chi connectivity index (χ1v) is 6.91. The van der Waals surface area contributed by atoms with Gasteiger partial charge < -0.3 is 5.32 Å². The Morgan fingerprint density at radius 2 is 2.16 bits per heavy atom. The van der Waals surface area contributed by atoms with Crippen molar-refractivity contribution in [1.82, 2.24) is 4.98 Å². The molecule has 6 heteroatoms. The number of carbonyl (C=O) groups is 1. The Morgan fingerprint density at radius 1 is 1.47 bits per heavy atom. The average molecular weight is 320 g/mol. The zero-order chi connectivity index (χ0) is 14.2. The second-order valence-electron chi connectivity index (χ2n) is 5.14. The molecule has 1 saturated carbocycles. The lowest BCUT2D eigenvalue weighted by Crippen LogP contribution is -2.16. The van der Waals surface area contributed by atoms with Crippen LogP contribution in [0.25, 0.3) is 0 Å². The van der Waals surface area contributed by atoms with E-state index in [0.717, 1.165) is 0 Å². The largest absolute Gasteiger partial charge is 0.326 e. The topological polar surface area (TPSA) is 42.0 Å².